The third kappa shape index (κ3) is 4.39. The van der Waals surface area contributed by atoms with E-state index in [-0.39, 0.29) is 6.04 Å². The van der Waals surface area contributed by atoms with Crippen LogP contribution in [0.1, 0.15) is 31.9 Å². The molecule has 1 unspecified atom stereocenters. The van der Waals surface area contributed by atoms with Crippen molar-refractivity contribution in [3.63, 3.8) is 0 Å². The van der Waals surface area contributed by atoms with Gasteiger partial charge in [-0.2, -0.15) is 0 Å². The van der Waals surface area contributed by atoms with Crippen LogP contribution in [0.25, 0.3) is 0 Å². The maximum atomic E-state index is 5.85. The maximum absolute atomic E-state index is 5.85. The van der Waals surface area contributed by atoms with Gasteiger partial charge in [0.2, 0.25) is 0 Å². The average molecular weight is 234 g/mol. The van der Waals surface area contributed by atoms with Crippen molar-refractivity contribution >= 4 is 5.69 Å². The summed E-state index contributed by atoms with van der Waals surface area (Å²) in [6, 6.07) is 6.91. The minimum absolute atomic E-state index is 0.230. The Kier molecular flexibility index (Phi) is 5.01. The zero-order valence-electron chi connectivity index (χ0n) is 11.8. The Morgan fingerprint density at radius 1 is 1.24 bits per heavy atom. The normalized spacial score (nSPS) is 12.9. The topological polar surface area (TPSA) is 29.3 Å². The molecule has 0 fully saturated rings. The standard InChI is InChI=1S/C15H26N2/c1-11(2)10-17(5)15-7-6-14(9-13(4)16)12(3)8-15/h6-8,11,13H,9-10,16H2,1-5H3. The van der Waals surface area contributed by atoms with Gasteiger partial charge in [0.15, 0.2) is 0 Å². The zero-order valence-corrected chi connectivity index (χ0v) is 11.8. The summed E-state index contributed by atoms with van der Waals surface area (Å²) in [5.74, 6) is 0.684. The molecule has 0 aromatic heterocycles. The Hall–Kier alpha value is -1.02. The Morgan fingerprint density at radius 2 is 1.88 bits per heavy atom. The van der Waals surface area contributed by atoms with Gasteiger partial charge < -0.3 is 10.6 Å². The molecule has 1 aromatic rings. The second-order valence-electron chi connectivity index (χ2n) is 5.57. The van der Waals surface area contributed by atoms with Crippen LogP contribution in [0.2, 0.25) is 0 Å². The van der Waals surface area contributed by atoms with Crippen LogP contribution in [-0.4, -0.2) is 19.6 Å². The summed E-state index contributed by atoms with van der Waals surface area (Å²) < 4.78 is 0. The van der Waals surface area contributed by atoms with Crippen LogP contribution in [0.4, 0.5) is 5.69 Å². The molecule has 1 aromatic carbocycles. The minimum atomic E-state index is 0.230. The third-order valence-corrected chi connectivity index (χ3v) is 2.95. The highest BCUT2D eigenvalue weighted by Crippen LogP contribution is 2.20. The van der Waals surface area contributed by atoms with E-state index in [1.54, 1.807) is 0 Å². The third-order valence-electron chi connectivity index (χ3n) is 2.95. The van der Waals surface area contributed by atoms with E-state index < -0.39 is 0 Å². The van der Waals surface area contributed by atoms with Crippen molar-refractivity contribution < 1.29 is 0 Å². The van der Waals surface area contributed by atoms with Gasteiger partial charge in [0.1, 0.15) is 0 Å². The van der Waals surface area contributed by atoms with E-state index in [4.69, 9.17) is 5.73 Å². The highest BCUT2D eigenvalue weighted by molar-refractivity contribution is 5.50. The molecule has 2 heteroatoms. The quantitative estimate of drug-likeness (QED) is 0.848. The summed E-state index contributed by atoms with van der Waals surface area (Å²) in [5, 5.41) is 0. The van der Waals surface area contributed by atoms with E-state index in [2.05, 4.69) is 57.8 Å². The van der Waals surface area contributed by atoms with Gasteiger partial charge in [0, 0.05) is 25.3 Å². The number of benzene rings is 1. The molecule has 2 nitrogen and oxygen atoms in total. The highest BCUT2D eigenvalue weighted by atomic mass is 15.1. The second-order valence-corrected chi connectivity index (χ2v) is 5.57. The first-order chi connectivity index (χ1) is 7.90. The van der Waals surface area contributed by atoms with Gasteiger partial charge in [-0.15, -0.1) is 0 Å². The van der Waals surface area contributed by atoms with Crippen molar-refractivity contribution in [2.24, 2.45) is 11.7 Å². The molecule has 0 bridgehead atoms. The zero-order chi connectivity index (χ0) is 13.0. The van der Waals surface area contributed by atoms with E-state index in [0.717, 1.165) is 13.0 Å². The van der Waals surface area contributed by atoms with Crippen LogP contribution in [0.3, 0.4) is 0 Å². The SMILES string of the molecule is Cc1cc(N(C)CC(C)C)ccc1CC(C)N. The summed E-state index contributed by atoms with van der Waals surface area (Å²) in [7, 11) is 2.15. The molecule has 0 heterocycles. The Labute approximate surface area is 106 Å². The molecule has 0 aliphatic heterocycles. The summed E-state index contributed by atoms with van der Waals surface area (Å²) in [6.45, 7) is 9.80. The van der Waals surface area contributed by atoms with E-state index in [1.807, 2.05) is 0 Å². The van der Waals surface area contributed by atoms with Gasteiger partial charge in [-0.05, 0) is 49.4 Å². The van der Waals surface area contributed by atoms with E-state index in [1.165, 1.54) is 16.8 Å². The molecule has 1 atom stereocenters. The summed E-state index contributed by atoms with van der Waals surface area (Å²) in [4.78, 5) is 2.31. The molecule has 96 valence electrons. The van der Waals surface area contributed by atoms with Crippen LogP contribution in [-0.2, 0) is 6.42 Å². The van der Waals surface area contributed by atoms with Crippen LogP contribution in [0.15, 0.2) is 18.2 Å². The lowest BCUT2D eigenvalue weighted by Gasteiger charge is -2.22. The van der Waals surface area contributed by atoms with E-state index in [0.29, 0.717) is 5.92 Å². The van der Waals surface area contributed by atoms with Crippen LogP contribution >= 0.6 is 0 Å². The number of hydrogen-bond donors (Lipinski definition) is 1. The molecule has 0 aliphatic carbocycles. The molecule has 0 saturated heterocycles. The van der Waals surface area contributed by atoms with Crippen LogP contribution in [0, 0.1) is 12.8 Å². The summed E-state index contributed by atoms with van der Waals surface area (Å²) in [5.41, 5.74) is 9.85. The number of aryl methyl sites for hydroxylation is 1. The predicted molar refractivity (Wildman–Crippen MR) is 76.6 cm³/mol. The number of nitrogens with zero attached hydrogens (tertiary/aromatic N) is 1. The fourth-order valence-electron chi connectivity index (χ4n) is 2.15. The first-order valence-corrected chi connectivity index (χ1v) is 6.46. The maximum Gasteiger partial charge on any atom is 0.0366 e. The number of nitrogens with two attached hydrogens (primary N) is 1. The lowest BCUT2D eigenvalue weighted by molar-refractivity contribution is 0.638. The van der Waals surface area contributed by atoms with Gasteiger partial charge >= 0.3 is 0 Å². The van der Waals surface area contributed by atoms with Crippen molar-refractivity contribution in [1.29, 1.82) is 0 Å². The van der Waals surface area contributed by atoms with E-state index >= 15 is 0 Å². The Balaban J connectivity index is 2.81. The van der Waals surface area contributed by atoms with Gasteiger partial charge in [0.05, 0.1) is 0 Å². The molecular weight excluding hydrogens is 208 g/mol. The van der Waals surface area contributed by atoms with Gasteiger partial charge in [0.25, 0.3) is 0 Å². The lowest BCUT2D eigenvalue weighted by atomic mass is 10.0. The molecule has 1 rings (SSSR count). The molecule has 0 saturated carbocycles. The van der Waals surface area contributed by atoms with Crippen LogP contribution in [0.5, 0.6) is 0 Å². The molecule has 2 N–H and O–H groups in total. The fourth-order valence-corrected chi connectivity index (χ4v) is 2.15. The van der Waals surface area contributed by atoms with Crippen molar-refractivity contribution in [3.8, 4) is 0 Å². The summed E-state index contributed by atoms with van der Waals surface area (Å²) >= 11 is 0. The molecule has 0 amide bonds. The Morgan fingerprint density at radius 3 is 2.35 bits per heavy atom. The second kappa shape index (κ2) is 6.06. The van der Waals surface area contributed by atoms with Crippen molar-refractivity contribution in [3.05, 3.63) is 29.3 Å². The van der Waals surface area contributed by atoms with Crippen LogP contribution < -0.4 is 10.6 Å². The average Bonchev–Trinajstić information content (AvgIpc) is 2.19. The summed E-state index contributed by atoms with van der Waals surface area (Å²) in [6.07, 6.45) is 0.958. The van der Waals surface area contributed by atoms with E-state index in [9.17, 15) is 0 Å². The highest BCUT2D eigenvalue weighted by Gasteiger charge is 2.07. The first kappa shape index (κ1) is 14.0. The molecule has 0 spiro atoms. The fraction of sp³-hybridized carbons (Fsp3) is 0.600. The van der Waals surface area contributed by atoms with Crippen molar-refractivity contribution in [2.75, 3.05) is 18.5 Å². The van der Waals surface area contributed by atoms with Gasteiger partial charge in [-0.1, -0.05) is 19.9 Å². The largest absolute Gasteiger partial charge is 0.374 e. The van der Waals surface area contributed by atoms with Gasteiger partial charge in [-0.25, -0.2) is 0 Å². The smallest absolute Gasteiger partial charge is 0.0366 e. The number of hydrogen-bond acceptors (Lipinski definition) is 2. The number of anilines is 1. The molecular formula is C15H26N2. The Bertz CT molecular complexity index is 356. The first-order valence-electron chi connectivity index (χ1n) is 6.46. The molecule has 0 radical (unpaired) electrons. The minimum Gasteiger partial charge on any atom is -0.374 e. The lowest BCUT2D eigenvalue weighted by Crippen LogP contribution is -2.23. The van der Waals surface area contributed by atoms with Crippen molar-refractivity contribution in [2.45, 2.75) is 40.2 Å². The monoisotopic (exact) mass is 234 g/mol. The molecule has 0 aliphatic rings. The predicted octanol–water partition coefficient (Wildman–Crippen LogP) is 2.98. The molecule has 17 heavy (non-hydrogen) atoms. The number of rotatable bonds is 5. The van der Waals surface area contributed by atoms with Crippen molar-refractivity contribution in [1.82, 2.24) is 0 Å². The van der Waals surface area contributed by atoms with Gasteiger partial charge in [-0.3, -0.25) is 0 Å².